The fraction of sp³-hybridized carbons (Fsp3) is 0.393. The number of furan rings is 1. The maximum atomic E-state index is 13.3. The molecule has 0 N–H and O–H groups in total. The highest BCUT2D eigenvalue weighted by atomic mass is 35.5. The number of likely N-dealkylation sites (tertiary alicyclic amines) is 1. The van der Waals surface area contributed by atoms with Crippen molar-refractivity contribution in [1.29, 1.82) is 0 Å². The standard InChI is InChI=1S/C28H30N2O2S2.ClH/c31-27(30-15-12-22-18-25(32-26(22)20-30)19-29-13-4-5-14-29)21-8-10-24(11-9-21)28(33-16-17-34-28)23-6-2-1-3-7-23;/h1-3,6-11,18H,4-5,12-17,19-20H2;1H. The van der Waals surface area contributed by atoms with Gasteiger partial charge in [-0.3, -0.25) is 9.69 Å². The lowest BCUT2D eigenvalue weighted by Gasteiger charge is -2.29. The second kappa shape index (κ2) is 10.6. The summed E-state index contributed by atoms with van der Waals surface area (Å²) in [6.45, 7) is 4.52. The molecular weight excluding hydrogens is 496 g/mol. The number of hydrogen-bond acceptors (Lipinski definition) is 5. The smallest absolute Gasteiger partial charge is 0.254 e. The van der Waals surface area contributed by atoms with E-state index >= 15 is 0 Å². The Bertz CT molecular complexity index is 1150. The van der Waals surface area contributed by atoms with Gasteiger partial charge in [0.15, 0.2) is 0 Å². The van der Waals surface area contributed by atoms with Crippen LogP contribution in [-0.4, -0.2) is 46.8 Å². The molecule has 1 amide bonds. The number of halogens is 1. The first-order valence-electron chi connectivity index (χ1n) is 12.3. The summed E-state index contributed by atoms with van der Waals surface area (Å²) in [5.41, 5.74) is 4.62. The zero-order valence-electron chi connectivity index (χ0n) is 19.8. The van der Waals surface area contributed by atoms with Crippen molar-refractivity contribution >= 4 is 41.8 Å². The average molecular weight is 527 g/mol. The summed E-state index contributed by atoms with van der Waals surface area (Å²) < 4.78 is 6.11. The molecule has 4 heterocycles. The Balaban J connectivity index is 0.00000253. The van der Waals surface area contributed by atoms with Crippen molar-refractivity contribution < 1.29 is 9.21 Å². The Labute approximate surface area is 222 Å². The molecule has 6 rings (SSSR count). The molecule has 35 heavy (non-hydrogen) atoms. The molecule has 0 saturated carbocycles. The second-order valence-corrected chi connectivity index (χ2v) is 12.3. The monoisotopic (exact) mass is 526 g/mol. The molecule has 2 saturated heterocycles. The van der Waals surface area contributed by atoms with E-state index in [1.807, 2.05) is 40.6 Å². The number of nitrogens with zero attached hydrogens (tertiary/aromatic N) is 2. The molecule has 2 fully saturated rings. The SMILES string of the molecule is Cl.O=C(c1ccc(C2(c3ccccc3)SCCS2)cc1)N1CCc2cc(CN3CCCC3)oc2C1. The van der Waals surface area contributed by atoms with Crippen molar-refractivity contribution in [3.05, 3.63) is 94.4 Å². The summed E-state index contributed by atoms with van der Waals surface area (Å²) in [6, 6.07) is 21.3. The van der Waals surface area contributed by atoms with Crippen molar-refractivity contribution in [3.8, 4) is 0 Å². The fourth-order valence-electron chi connectivity index (χ4n) is 5.38. The van der Waals surface area contributed by atoms with Crippen LogP contribution in [0, 0.1) is 0 Å². The summed E-state index contributed by atoms with van der Waals surface area (Å²) in [5, 5.41) is 0. The number of hydrogen-bond donors (Lipinski definition) is 0. The summed E-state index contributed by atoms with van der Waals surface area (Å²) in [6.07, 6.45) is 3.43. The molecule has 3 aliphatic rings. The molecule has 0 unspecified atom stereocenters. The lowest BCUT2D eigenvalue weighted by molar-refractivity contribution is 0.0718. The molecular formula is C28H31ClN2O2S2. The highest BCUT2D eigenvalue weighted by Gasteiger charge is 2.39. The molecule has 0 radical (unpaired) electrons. The van der Waals surface area contributed by atoms with Crippen LogP contribution < -0.4 is 0 Å². The number of fused-ring (bicyclic) bond motifs is 1. The molecule has 0 aliphatic carbocycles. The van der Waals surface area contributed by atoms with Gasteiger partial charge in [-0.1, -0.05) is 42.5 Å². The number of amides is 1. The van der Waals surface area contributed by atoms with Crippen LogP contribution in [0.3, 0.4) is 0 Å². The quantitative estimate of drug-likeness (QED) is 0.397. The number of thioether (sulfide) groups is 2. The van der Waals surface area contributed by atoms with E-state index < -0.39 is 0 Å². The van der Waals surface area contributed by atoms with Crippen molar-refractivity contribution in [2.24, 2.45) is 0 Å². The molecule has 1 aromatic heterocycles. The Morgan fingerprint density at radius 1 is 0.914 bits per heavy atom. The molecule has 0 bridgehead atoms. The van der Waals surface area contributed by atoms with E-state index in [1.54, 1.807) is 0 Å². The van der Waals surface area contributed by atoms with Crippen LogP contribution in [0.2, 0.25) is 0 Å². The van der Waals surface area contributed by atoms with Gasteiger partial charge in [0.05, 0.1) is 13.1 Å². The predicted octanol–water partition coefficient (Wildman–Crippen LogP) is 6.18. The van der Waals surface area contributed by atoms with Crippen molar-refractivity contribution in [2.75, 3.05) is 31.1 Å². The molecule has 4 nitrogen and oxygen atoms in total. The van der Waals surface area contributed by atoms with E-state index in [0.29, 0.717) is 6.54 Å². The van der Waals surface area contributed by atoms with E-state index in [9.17, 15) is 4.79 Å². The average Bonchev–Trinajstić information content (AvgIpc) is 3.65. The number of benzene rings is 2. The van der Waals surface area contributed by atoms with Gasteiger partial charge in [-0.25, -0.2) is 0 Å². The maximum absolute atomic E-state index is 13.3. The van der Waals surface area contributed by atoms with Crippen molar-refractivity contribution in [3.63, 3.8) is 0 Å². The van der Waals surface area contributed by atoms with Crippen LogP contribution in [0.4, 0.5) is 0 Å². The first-order valence-corrected chi connectivity index (χ1v) is 14.2. The first-order chi connectivity index (χ1) is 16.7. The van der Waals surface area contributed by atoms with E-state index in [0.717, 1.165) is 61.2 Å². The fourth-order valence-corrected chi connectivity index (χ4v) is 8.66. The van der Waals surface area contributed by atoms with Crippen molar-refractivity contribution in [1.82, 2.24) is 9.80 Å². The van der Waals surface area contributed by atoms with Gasteiger partial charge in [0.1, 0.15) is 15.6 Å². The van der Waals surface area contributed by atoms with E-state index in [1.165, 1.54) is 29.5 Å². The molecule has 7 heteroatoms. The van der Waals surface area contributed by atoms with Crippen LogP contribution >= 0.6 is 35.9 Å². The Kier molecular flexibility index (Phi) is 7.54. The molecule has 184 valence electrons. The molecule has 3 aliphatic heterocycles. The maximum Gasteiger partial charge on any atom is 0.254 e. The van der Waals surface area contributed by atoms with Crippen molar-refractivity contribution in [2.45, 2.75) is 36.4 Å². The van der Waals surface area contributed by atoms with Gasteiger partial charge < -0.3 is 9.32 Å². The second-order valence-electron chi connectivity index (χ2n) is 9.38. The third-order valence-corrected chi connectivity index (χ3v) is 10.7. The normalized spacial score (nSPS) is 19.4. The number of rotatable bonds is 5. The van der Waals surface area contributed by atoms with Gasteiger partial charge in [-0.05, 0) is 67.2 Å². The number of carbonyl (C=O) groups excluding carboxylic acids is 1. The van der Waals surface area contributed by atoms with E-state index in [4.69, 9.17) is 4.42 Å². The van der Waals surface area contributed by atoms with Gasteiger partial charge in [0.2, 0.25) is 0 Å². The third kappa shape index (κ3) is 4.91. The summed E-state index contributed by atoms with van der Waals surface area (Å²) in [5.74, 6) is 4.38. The lowest BCUT2D eigenvalue weighted by atomic mass is 10.0. The molecule has 3 aromatic rings. The van der Waals surface area contributed by atoms with Gasteiger partial charge in [-0.15, -0.1) is 35.9 Å². The predicted molar refractivity (Wildman–Crippen MR) is 147 cm³/mol. The van der Waals surface area contributed by atoms with Gasteiger partial charge in [-0.2, -0.15) is 0 Å². The van der Waals surface area contributed by atoms with Crippen LogP contribution in [0.5, 0.6) is 0 Å². The van der Waals surface area contributed by atoms with Gasteiger partial charge in [0, 0.05) is 23.6 Å². The summed E-state index contributed by atoms with van der Waals surface area (Å²) >= 11 is 3.99. The van der Waals surface area contributed by atoms with Gasteiger partial charge >= 0.3 is 0 Å². The van der Waals surface area contributed by atoms with E-state index in [2.05, 4.69) is 53.4 Å². The van der Waals surface area contributed by atoms with Crippen LogP contribution in [0.15, 0.2) is 65.1 Å². The first kappa shape index (κ1) is 24.8. The van der Waals surface area contributed by atoms with Crippen LogP contribution in [0.1, 0.15) is 51.4 Å². The minimum Gasteiger partial charge on any atom is -0.463 e. The third-order valence-electron chi connectivity index (χ3n) is 7.16. The largest absolute Gasteiger partial charge is 0.463 e. The van der Waals surface area contributed by atoms with Crippen LogP contribution in [0.25, 0.3) is 0 Å². The van der Waals surface area contributed by atoms with Gasteiger partial charge in [0.25, 0.3) is 5.91 Å². The Morgan fingerprint density at radius 3 is 2.31 bits per heavy atom. The number of carbonyl (C=O) groups is 1. The molecule has 0 spiro atoms. The molecule has 2 aromatic carbocycles. The zero-order chi connectivity index (χ0) is 23.0. The zero-order valence-corrected chi connectivity index (χ0v) is 22.2. The highest BCUT2D eigenvalue weighted by molar-refractivity contribution is 8.20. The topological polar surface area (TPSA) is 36.7 Å². The molecule has 0 atom stereocenters. The van der Waals surface area contributed by atoms with Crippen LogP contribution in [-0.2, 0) is 23.6 Å². The summed E-state index contributed by atoms with van der Waals surface area (Å²) in [7, 11) is 0. The summed E-state index contributed by atoms with van der Waals surface area (Å²) in [4.78, 5) is 17.7. The highest BCUT2D eigenvalue weighted by Crippen LogP contribution is 2.56. The minimum absolute atomic E-state index is 0. The lowest BCUT2D eigenvalue weighted by Crippen LogP contribution is -2.35. The van der Waals surface area contributed by atoms with E-state index in [-0.39, 0.29) is 22.4 Å². The Morgan fingerprint density at radius 2 is 1.60 bits per heavy atom. The minimum atomic E-state index is -0.0806. The Hall–Kier alpha value is -1.86.